The van der Waals surface area contributed by atoms with Crippen LogP contribution in [-0.4, -0.2) is 23.8 Å². The Morgan fingerprint density at radius 1 is 1.17 bits per heavy atom. The molecular weight excluding hydrogens is 378 g/mol. The van der Waals surface area contributed by atoms with Gasteiger partial charge in [-0.05, 0) is 63.9 Å². The number of para-hydroxylation sites is 1. The van der Waals surface area contributed by atoms with Gasteiger partial charge in [0.25, 0.3) is 0 Å². The first kappa shape index (κ1) is 21.7. The van der Waals surface area contributed by atoms with Crippen molar-refractivity contribution in [1.82, 2.24) is 5.32 Å². The van der Waals surface area contributed by atoms with E-state index in [9.17, 15) is 4.79 Å². The van der Waals surface area contributed by atoms with Gasteiger partial charge in [-0.2, -0.15) is 5.26 Å². The van der Waals surface area contributed by atoms with Gasteiger partial charge in [0.15, 0.2) is 6.61 Å². The van der Waals surface area contributed by atoms with Gasteiger partial charge in [0.1, 0.15) is 17.4 Å². The zero-order chi connectivity index (χ0) is 21.9. The number of ether oxygens (including phenoxy) is 2. The molecule has 1 heterocycles. The summed E-state index contributed by atoms with van der Waals surface area (Å²) in [7, 11) is 0. The number of nitrogens with one attached hydrogen (secondary N) is 1. The monoisotopic (exact) mass is 407 g/mol. The fourth-order valence-electron chi connectivity index (χ4n) is 3.80. The molecule has 1 atom stereocenters. The van der Waals surface area contributed by atoms with Crippen LogP contribution in [0.25, 0.3) is 0 Å². The molecule has 1 N–H and O–H groups in total. The lowest BCUT2D eigenvalue weighted by atomic mass is 9.92. The van der Waals surface area contributed by atoms with E-state index in [0.29, 0.717) is 12.3 Å². The Labute approximate surface area is 178 Å². The van der Waals surface area contributed by atoms with E-state index in [-0.39, 0.29) is 18.7 Å². The summed E-state index contributed by atoms with van der Waals surface area (Å²) in [4.78, 5) is 14.8. The molecule has 0 fully saturated rings. The van der Waals surface area contributed by atoms with Crippen molar-refractivity contribution in [3.05, 3.63) is 59.7 Å². The van der Waals surface area contributed by atoms with Crippen LogP contribution in [0, 0.1) is 11.3 Å². The average Bonchev–Trinajstić information content (AvgIpc) is 2.90. The summed E-state index contributed by atoms with van der Waals surface area (Å²) in [5.41, 5.74) is 1.95. The lowest BCUT2D eigenvalue weighted by Gasteiger charge is -2.37. The molecule has 2 aromatic carbocycles. The SMILES string of the molecule is CC(C)(C)OC(=O)N1c2ccccc2C(NCc2ccc(OCC#N)cc2)C1(C)C. The molecule has 0 radical (unpaired) electrons. The standard InChI is InChI=1S/C24H29N3O3/c1-23(2,3)30-22(28)27-20-9-7-6-8-19(20)21(24(27,4)5)26-16-17-10-12-18(13-11-17)29-15-14-25/h6-13,21,26H,15-16H2,1-5H3. The molecule has 1 amide bonds. The summed E-state index contributed by atoms with van der Waals surface area (Å²) >= 11 is 0. The van der Waals surface area contributed by atoms with Crippen molar-refractivity contribution in [1.29, 1.82) is 5.26 Å². The quantitative estimate of drug-likeness (QED) is 0.759. The molecule has 158 valence electrons. The number of rotatable bonds is 5. The van der Waals surface area contributed by atoms with Crippen molar-refractivity contribution < 1.29 is 14.3 Å². The molecule has 0 saturated carbocycles. The second-order valence-corrected chi connectivity index (χ2v) is 8.93. The van der Waals surface area contributed by atoms with Gasteiger partial charge >= 0.3 is 6.09 Å². The maximum Gasteiger partial charge on any atom is 0.415 e. The summed E-state index contributed by atoms with van der Waals surface area (Å²) in [6.07, 6.45) is -0.344. The summed E-state index contributed by atoms with van der Waals surface area (Å²) < 4.78 is 11.0. The van der Waals surface area contributed by atoms with Crippen LogP contribution < -0.4 is 15.0 Å². The van der Waals surface area contributed by atoms with Gasteiger partial charge < -0.3 is 14.8 Å². The van der Waals surface area contributed by atoms with E-state index in [1.807, 2.05) is 83.2 Å². The van der Waals surface area contributed by atoms with Crippen LogP contribution in [0.2, 0.25) is 0 Å². The predicted molar refractivity (Wildman–Crippen MR) is 116 cm³/mol. The fraction of sp³-hybridized carbons (Fsp3) is 0.417. The lowest BCUT2D eigenvalue weighted by molar-refractivity contribution is 0.0541. The van der Waals surface area contributed by atoms with Gasteiger partial charge in [-0.3, -0.25) is 4.90 Å². The van der Waals surface area contributed by atoms with Crippen LogP contribution in [0.15, 0.2) is 48.5 Å². The van der Waals surface area contributed by atoms with Crippen LogP contribution in [0.4, 0.5) is 10.5 Å². The Hall–Kier alpha value is -3.04. The van der Waals surface area contributed by atoms with Crippen molar-refractivity contribution in [2.45, 2.75) is 58.3 Å². The number of nitriles is 1. The molecule has 30 heavy (non-hydrogen) atoms. The Balaban J connectivity index is 1.79. The number of carbonyl (C=O) groups excluding carboxylic acids is 1. The highest BCUT2D eigenvalue weighted by atomic mass is 16.6. The molecule has 6 heteroatoms. The minimum Gasteiger partial charge on any atom is -0.479 e. The molecule has 1 aliphatic rings. The largest absolute Gasteiger partial charge is 0.479 e. The summed E-state index contributed by atoms with van der Waals surface area (Å²) in [6, 6.07) is 17.5. The number of anilines is 1. The Kier molecular flexibility index (Phi) is 6.04. The zero-order valence-electron chi connectivity index (χ0n) is 18.2. The molecule has 0 saturated heterocycles. The van der Waals surface area contributed by atoms with E-state index < -0.39 is 11.1 Å². The second kappa shape index (κ2) is 8.37. The molecule has 0 aromatic heterocycles. The van der Waals surface area contributed by atoms with Gasteiger partial charge in [-0.1, -0.05) is 30.3 Å². The van der Waals surface area contributed by atoms with Crippen LogP contribution in [0.3, 0.4) is 0 Å². The van der Waals surface area contributed by atoms with E-state index in [0.717, 1.165) is 16.8 Å². The number of benzene rings is 2. The van der Waals surface area contributed by atoms with Crippen LogP contribution >= 0.6 is 0 Å². The third kappa shape index (κ3) is 4.58. The van der Waals surface area contributed by atoms with E-state index >= 15 is 0 Å². The first-order chi connectivity index (χ1) is 14.1. The number of fused-ring (bicyclic) bond motifs is 1. The lowest BCUT2D eigenvalue weighted by Crippen LogP contribution is -2.52. The molecule has 0 spiro atoms. The third-order valence-electron chi connectivity index (χ3n) is 5.08. The molecule has 1 unspecified atom stereocenters. The van der Waals surface area contributed by atoms with Gasteiger partial charge in [0, 0.05) is 6.54 Å². The van der Waals surface area contributed by atoms with E-state index in [4.69, 9.17) is 14.7 Å². The molecule has 1 aliphatic heterocycles. The average molecular weight is 408 g/mol. The molecular formula is C24H29N3O3. The van der Waals surface area contributed by atoms with Crippen LogP contribution in [0.1, 0.15) is 51.8 Å². The number of hydrogen-bond donors (Lipinski definition) is 1. The smallest absolute Gasteiger partial charge is 0.415 e. The Morgan fingerprint density at radius 3 is 2.47 bits per heavy atom. The maximum absolute atomic E-state index is 13.0. The summed E-state index contributed by atoms with van der Waals surface area (Å²) in [5.74, 6) is 0.669. The van der Waals surface area contributed by atoms with Crippen molar-refractivity contribution in [3.8, 4) is 11.8 Å². The number of amides is 1. The second-order valence-electron chi connectivity index (χ2n) is 8.93. The minimum atomic E-state index is -0.566. The van der Waals surface area contributed by atoms with E-state index in [1.165, 1.54) is 0 Å². The van der Waals surface area contributed by atoms with Gasteiger partial charge in [-0.15, -0.1) is 0 Å². The third-order valence-corrected chi connectivity index (χ3v) is 5.08. The van der Waals surface area contributed by atoms with Crippen molar-refractivity contribution >= 4 is 11.8 Å². The number of hydrogen-bond acceptors (Lipinski definition) is 5. The van der Waals surface area contributed by atoms with Gasteiger partial charge in [-0.25, -0.2) is 4.79 Å². The number of carbonyl (C=O) groups is 1. The molecule has 0 aliphatic carbocycles. The Morgan fingerprint density at radius 2 is 1.83 bits per heavy atom. The fourth-order valence-corrected chi connectivity index (χ4v) is 3.80. The van der Waals surface area contributed by atoms with Crippen LogP contribution in [0.5, 0.6) is 5.75 Å². The molecule has 2 aromatic rings. The summed E-state index contributed by atoms with van der Waals surface area (Å²) in [6.45, 7) is 10.4. The van der Waals surface area contributed by atoms with Crippen molar-refractivity contribution in [2.75, 3.05) is 11.5 Å². The van der Waals surface area contributed by atoms with Gasteiger partial charge in [0.05, 0.1) is 17.3 Å². The predicted octanol–water partition coefficient (Wildman–Crippen LogP) is 4.95. The molecule has 6 nitrogen and oxygen atoms in total. The van der Waals surface area contributed by atoms with Gasteiger partial charge in [0.2, 0.25) is 0 Å². The van der Waals surface area contributed by atoms with Crippen LogP contribution in [-0.2, 0) is 11.3 Å². The molecule has 0 bridgehead atoms. The molecule has 3 rings (SSSR count). The van der Waals surface area contributed by atoms with E-state index in [2.05, 4.69) is 11.4 Å². The minimum absolute atomic E-state index is 0.0329. The van der Waals surface area contributed by atoms with E-state index in [1.54, 1.807) is 4.90 Å². The number of nitrogens with zero attached hydrogens (tertiary/aromatic N) is 2. The maximum atomic E-state index is 13.0. The van der Waals surface area contributed by atoms with Crippen molar-refractivity contribution in [3.63, 3.8) is 0 Å². The first-order valence-corrected chi connectivity index (χ1v) is 10.1. The highest BCUT2D eigenvalue weighted by Crippen LogP contribution is 2.46. The normalized spacial score (nSPS) is 17.2. The Bertz CT molecular complexity index is 939. The highest BCUT2D eigenvalue weighted by Gasteiger charge is 2.48. The van der Waals surface area contributed by atoms with Crippen molar-refractivity contribution in [2.24, 2.45) is 0 Å². The zero-order valence-corrected chi connectivity index (χ0v) is 18.2. The summed E-state index contributed by atoms with van der Waals surface area (Å²) in [5, 5.41) is 12.2. The highest BCUT2D eigenvalue weighted by molar-refractivity contribution is 5.93. The first-order valence-electron chi connectivity index (χ1n) is 10.1. The topological polar surface area (TPSA) is 74.6 Å².